The van der Waals surface area contributed by atoms with Crippen LogP contribution in [0.5, 0.6) is 5.75 Å². The molecule has 0 bridgehead atoms. The molecule has 0 aliphatic heterocycles. The van der Waals surface area contributed by atoms with Crippen LogP contribution >= 0.6 is 11.6 Å². The van der Waals surface area contributed by atoms with Crippen LogP contribution in [-0.4, -0.2) is 18.7 Å². The largest absolute Gasteiger partial charge is 0.490 e. The summed E-state index contributed by atoms with van der Waals surface area (Å²) in [6.07, 6.45) is 3.07. The molecule has 0 atom stereocenters. The van der Waals surface area contributed by atoms with Crippen molar-refractivity contribution >= 4 is 11.6 Å². The summed E-state index contributed by atoms with van der Waals surface area (Å²) in [5.41, 5.74) is 0.167. The normalized spacial score (nSPS) is 11.6. The van der Waals surface area contributed by atoms with Crippen LogP contribution in [0.3, 0.4) is 0 Å². The van der Waals surface area contributed by atoms with E-state index >= 15 is 0 Å². The molecular formula is C15H23ClFNO. The van der Waals surface area contributed by atoms with E-state index in [4.69, 9.17) is 16.3 Å². The van der Waals surface area contributed by atoms with E-state index in [2.05, 4.69) is 26.1 Å². The van der Waals surface area contributed by atoms with E-state index in [0.29, 0.717) is 6.61 Å². The molecule has 1 aromatic carbocycles. The van der Waals surface area contributed by atoms with Gasteiger partial charge in [0.2, 0.25) is 0 Å². The van der Waals surface area contributed by atoms with Gasteiger partial charge < -0.3 is 10.1 Å². The molecule has 0 heterocycles. The van der Waals surface area contributed by atoms with E-state index in [9.17, 15) is 4.39 Å². The average molecular weight is 288 g/mol. The Morgan fingerprint density at radius 3 is 2.63 bits per heavy atom. The van der Waals surface area contributed by atoms with E-state index in [-0.39, 0.29) is 16.3 Å². The highest BCUT2D eigenvalue weighted by molar-refractivity contribution is 6.30. The zero-order valence-electron chi connectivity index (χ0n) is 11.9. The van der Waals surface area contributed by atoms with Gasteiger partial charge in [0, 0.05) is 5.54 Å². The smallest absolute Gasteiger partial charge is 0.183 e. The van der Waals surface area contributed by atoms with Crippen molar-refractivity contribution in [2.45, 2.75) is 45.6 Å². The predicted molar refractivity (Wildman–Crippen MR) is 78.5 cm³/mol. The summed E-state index contributed by atoms with van der Waals surface area (Å²) in [6, 6.07) is 4.80. The van der Waals surface area contributed by atoms with Crippen LogP contribution in [0.15, 0.2) is 18.2 Å². The Morgan fingerprint density at radius 2 is 1.95 bits per heavy atom. The Bertz CT molecular complexity index is 390. The van der Waals surface area contributed by atoms with Crippen LogP contribution in [0.1, 0.15) is 40.0 Å². The number of halogens is 2. The van der Waals surface area contributed by atoms with Crippen molar-refractivity contribution in [2.75, 3.05) is 13.2 Å². The lowest BCUT2D eigenvalue weighted by Crippen LogP contribution is -2.36. The van der Waals surface area contributed by atoms with Gasteiger partial charge in [0.25, 0.3) is 0 Å². The standard InChI is InChI=1S/C15H23ClFNO/c1-15(2,3)18-10-5-4-6-11-19-13-9-7-8-12(16)14(13)17/h7-9,18H,4-6,10-11H2,1-3H3. The molecule has 0 unspecified atom stereocenters. The first-order valence-corrected chi connectivity index (χ1v) is 7.10. The van der Waals surface area contributed by atoms with Crippen molar-refractivity contribution < 1.29 is 9.13 Å². The second-order valence-corrected chi connectivity index (χ2v) is 6.05. The van der Waals surface area contributed by atoms with Gasteiger partial charge in [-0.25, -0.2) is 4.39 Å². The lowest BCUT2D eigenvalue weighted by molar-refractivity contribution is 0.289. The Morgan fingerprint density at radius 1 is 1.21 bits per heavy atom. The van der Waals surface area contributed by atoms with Gasteiger partial charge in [0.15, 0.2) is 11.6 Å². The topological polar surface area (TPSA) is 21.3 Å². The molecule has 1 N–H and O–H groups in total. The highest BCUT2D eigenvalue weighted by Gasteiger charge is 2.08. The number of hydrogen-bond acceptors (Lipinski definition) is 2. The molecule has 0 aliphatic carbocycles. The van der Waals surface area contributed by atoms with Gasteiger partial charge in [0.1, 0.15) is 0 Å². The molecule has 0 fully saturated rings. The second-order valence-electron chi connectivity index (χ2n) is 5.64. The number of unbranched alkanes of at least 4 members (excludes halogenated alkanes) is 2. The van der Waals surface area contributed by atoms with Crippen LogP contribution in [0.2, 0.25) is 5.02 Å². The molecule has 1 rings (SSSR count). The zero-order valence-corrected chi connectivity index (χ0v) is 12.7. The van der Waals surface area contributed by atoms with E-state index in [1.807, 2.05) is 0 Å². The Balaban J connectivity index is 2.13. The van der Waals surface area contributed by atoms with Crippen molar-refractivity contribution in [2.24, 2.45) is 0 Å². The lowest BCUT2D eigenvalue weighted by atomic mass is 10.1. The van der Waals surface area contributed by atoms with Gasteiger partial charge in [-0.05, 0) is 58.7 Å². The first-order valence-electron chi connectivity index (χ1n) is 6.72. The number of ether oxygens (including phenoxy) is 1. The van der Waals surface area contributed by atoms with E-state index in [0.717, 1.165) is 25.8 Å². The third kappa shape index (κ3) is 6.79. The van der Waals surface area contributed by atoms with Crippen molar-refractivity contribution in [1.82, 2.24) is 5.32 Å². The number of benzene rings is 1. The van der Waals surface area contributed by atoms with Crippen LogP contribution in [0.25, 0.3) is 0 Å². The molecule has 0 aromatic heterocycles. The summed E-state index contributed by atoms with van der Waals surface area (Å²) >= 11 is 5.67. The summed E-state index contributed by atoms with van der Waals surface area (Å²) in [4.78, 5) is 0. The maximum Gasteiger partial charge on any atom is 0.183 e. The first kappa shape index (κ1) is 16.3. The molecular weight excluding hydrogens is 265 g/mol. The van der Waals surface area contributed by atoms with Crippen LogP contribution < -0.4 is 10.1 Å². The monoisotopic (exact) mass is 287 g/mol. The molecule has 1 aromatic rings. The minimum Gasteiger partial charge on any atom is -0.490 e. The van der Waals surface area contributed by atoms with Gasteiger partial charge in [0.05, 0.1) is 11.6 Å². The molecule has 0 saturated heterocycles. The molecule has 0 radical (unpaired) electrons. The maximum atomic E-state index is 13.5. The fraction of sp³-hybridized carbons (Fsp3) is 0.600. The van der Waals surface area contributed by atoms with Gasteiger partial charge in [-0.2, -0.15) is 0 Å². The van der Waals surface area contributed by atoms with Crippen molar-refractivity contribution in [3.8, 4) is 5.75 Å². The fourth-order valence-electron chi connectivity index (χ4n) is 1.64. The molecule has 0 amide bonds. The molecule has 108 valence electrons. The Labute approximate surface area is 120 Å². The molecule has 4 heteroatoms. The minimum atomic E-state index is -0.474. The van der Waals surface area contributed by atoms with Crippen LogP contribution in [0.4, 0.5) is 4.39 Å². The fourth-order valence-corrected chi connectivity index (χ4v) is 1.81. The third-order valence-corrected chi connectivity index (χ3v) is 2.94. The van der Waals surface area contributed by atoms with Crippen LogP contribution in [0, 0.1) is 5.82 Å². The summed E-state index contributed by atoms with van der Waals surface area (Å²) in [7, 11) is 0. The number of hydrogen-bond donors (Lipinski definition) is 1. The van der Waals surface area contributed by atoms with Crippen molar-refractivity contribution in [3.63, 3.8) is 0 Å². The maximum absolute atomic E-state index is 13.5. The van der Waals surface area contributed by atoms with Gasteiger partial charge in [-0.3, -0.25) is 0 Å². The SMILES string of the molecule is CC(C)(C)NCCCCCOc1cccc(Cl)c1F. The summed E-state index contributed by atoms with van der Waals surface area (Å²) in [6.45, 7) is 7.97. The molecule has 0 saturated carbocycles. The van der Waals surface area contributed by atoms with E-state index in [1.54, 1.807) is 12.1 Å². The Kier molecular flexibility index (Phi) is 6.59. The van der Waals surface area contributed by atoms with Gasteiger partial charge >= 0.3 is 0 Å². The molecule has 0 spiro atoms. The number of nitrogens with one attached hydrogen (secondary N) is 1. The third-order valence-electron chi connectivity index (χ3n) is 2.65. The zero-order chi connectivity index (χ0) is 14.3. The minimum absolute atomic E-state index is 0.104. The van der Waals surface area contributed by atoms with Crippen molar-refractivity contribution in [1.29, 1.82) is 0 Å². The summed E-state index contributed by atoms with van der Waals surface area (Å²) < 4.78 is 18.9. The van der Waals surface area contributed by atoms with E-state index in [1.165, 1.54) is 6.07 Å². The highest BCUT2D eigenvalue weighted by atomic mass is 35.5. The second kappa shape index (κ2) is 7.71. The summed E-state index contributed by atoms with van der Waals surface area (Å²) in [5, 5.41) is 3.53. The van der Waals surface area contributed by atoms with Gasteiger partial charge in [-0.1, -0.05) is 17.7 Å². The van der Waals surface area contributed by atoms with Crippen LogP contribution in [-0.2, 0) is 0 Å². The van der Waals surface area contributed by atoms with E-state index < -0.39 is 5.82 Å². The first-order chi connectivity index (χ1) is 8.90. The predicted octanol–water partition coefficient (Wildman–Crippen LogP) is 4.42. The van der Waals surface area contributed by atoms with Crippen molar-refractivity contribution in [3.05, 3.63) is 29.0 Å². The lowest BCUT2D eigenvalue weighted by Gasteiger charge is -2.20. The Hall–Kier alpha value is -0.800. The molecule has 19 heavy (non-hydrogen) atoms. The number of rotatable bonds is 7. The quantitative estimate of drug-likeness (QED) is 0.750. The summed E-state index contributed by atoms with van der Waals surface area (Å²) in [5.74, 6) is -0.237. The molecule has 2 nitrogen and oxygen atoms in total. The van der Waals surface area contributed by atoms with Gasteiger partial charge in [-0.15, -0.1) is 0 Å². The highest BCUT2D eigenvalue weighted by Crippen LogP contribution is 2.24. The average Bonchev–Trinajstić information content (AvgIpc) is 2.31. The molecule has 0 aliphatic rings.